The van der Waals surface area contributed by atoms with E-state index < -0.39 is 5.97 Å². The monoisotopic (exact) mass is 360 g/mol. The summed E-state index contributed by atoms with van der Waals surface area (Å²) >= 11 is 0. The normalized spacial score (nSPS) is 10.9. The molecule has 0 atom stereocenters. The van der Waals surface area contributed by atoms with Gasteiger partial charge >= 0.3 is 5.97 Å². The van der Waals surface area contributed by atoms with Crippen LogP contribution in [-0.4, -0.2) is 42.1 Å². The van der Waals surface area contributed by atoms with E-state index in [1.165, 1.54) is 6.20 Å². The maximum Gasteiger partial charge on any atom is 0.343 e. The zero-order chi connectivity index (χ0) is 18.8. The molecule has 27 heavy (non-hydrogen) atoms. The quantitative estimate of drug-likeness (QED) is 0.516. The van der Waals surface area contributed by atoms with Crippen LogP contribution in [-0.2, 0) is 4.74 Å². The molecule has 0 aliphatic carbocycles. The Kier molecular flexibility index (Phi) is 4.29. The molecule has 8 heteroatoms. The third-order valence-electron chi connectivity index (χ3n) is 3.95. The van der Waals surface area contributed by atoms with Gasteiger partial charge in [0.2, 0.25) is 0 Å². The molecule has 0 saturated carbocycles. The van der Waals surface area contributed by atoms with Gasteiger partial charge in [-0.2, -0.15) is 5.10 Å². The Bertz CT molecular complexity index is 1120. The molecule has 4 aromatic rings. The minimum Gasteiger partial charge on any atom is -0.462 e. The Morgan fingerprint density at radius 2 is 1.85 bits per heavy atom. The number of hydrogen-bond acceptors (Lipinski definition) is 7. The van der Waals surface area contributed by atoms with Gasteiger partial charge < -0.3 is 4.74 Å². The molecule has 0 fully saturated rings. The number of aromatic nitrogens is 6. The molecule has 0 spiro atoms. The summed E-state index contributed by atoms with van der Waals surface area (Å²) in [6.45, 7) is 3.94. The summed E-state index contributed by atoms with van der Waals surface area (Å²) < 4.78 is 6.70. The first-order valence-electron chi connectivity index (χ1n) is 8.44. The summed E-state index contributed by atoms with van der Waals surface area (Å²) in [5, 5.41) is 4.23. The number of carbonyl (C=O) groups excluding carboxylic acids is 1. The van der Waals surface area contributed by atoms with E-state index in [0.29, 0.717) is 34.1 Å². The smallest absolute Gasteiger partial charge is 0.343 e. The van der Waals surface area contributed by atoms with E-state index in [1.54, 1.807) is 29.9 Å². The summed E-state index contributed by atoms with van der Waals surface area (Å²) in [6.07, 6.45) is 4.81. The molecule has 0 bridgehead atoms. The lowest BCUT2D eigenvalue weighted by Crippen LogP contribution is -2.06. The van der Waals surface area contributed by atoms with E-state index in [4.69, 9.17) is 4.74 Å². The molecule has 4 heterocycles. The number of carbonyl (C=O) groups is 1. The second-order valence-corrected chi connectivity index (χ2v) is 5.78. The summed E-state index contributed by atoms with van der Waals surface area (Å²) in [5.41, 5.74) is 3.52. The van der Waals surface area contributed by atoms with Crippen molar-refractivity contribution in [3.8, 4) is 22.9 Å². The van der Waals surface area contributed by atoms with Gasteiger partial charge in [-0.1, -0.05) is 6.07 Å². The predicted octanol–water partition coefficient (Wildman–Crippen LogP) is 2.73. The van der Waals surface area contributed by atoms with Crippen LogP contribution in [0.25, 0.3) is 28.6 Å². The second kappa shape index (κ2) is 6.91. The number of ether oxygens (including phenoxy) is 1. The van der Waals surface area contributed by atoms with E-state index in [0.717, 1.165) is 5.69 Å². The molecular formula is C19H16N6O2. The largest absolute Gasteiger partial charge is 0.462 e. The molecule has 0 N–H and O–H groups in total. The lowest BCUT2D eigenvalue weighted by atomic mass is 10.2. The van der Waals surface area contributed by atoms with Gasteiger partial charge in [-0.25, -0.2) is 29.2 Å². The van der Waals surface area contributed by atoms with Crippen molar-refractivity contribution < 1.29 is 9.53 Å². The zero-order valence-corrected chi connectivity index (χ0v) is 14.8. The SMILES string of the molecule is CCOC(=O)c1cnn2c(C)cc(-c3cccc(-c4ncccn4)n3)nc12. The van der Waals surface area contributed by atoms with Crippen molar-refractivity contribution in [1.82, 2.24) is 29.5 Å². The fourth-order valence-electron chi connectivity index (χ4n) is 2.73. The van der Waals surface area contributed by atoms with Crippen LogP contribution in [0.3, 0.4) is 0 Å². The Morgan fingerprint density at radius 1 is 1.07 bits per heavy atom. The first-order chi connectivity index (χ1) is 13.2. The Hall–Kier alpha value is -3.68. The molecule has 0 saturated heterocycles. The van der Waals surface area contributed by atoms with E-state index in [2.05, 4.69) is 25.0 Å². The topological polar surface area (TPSA) is 95.2 Å². The van der Waals surface area contributed by atoms with E-state index in [1.807, 2.05) is 31.2 Å². The number of fused-ring (bicyclic) bond motifs is 1. The van der Waals surface area contributed by atoms with E-state index in [9.17, 15) is 4.79 Å². The van der Waals surface area contributed by atoms with E-state index in [-0.39, 0.29) is 6.61 Å². The molecule has 4 aromatic heterocycles. The molecule has 0 amide bonds. The Balaban J connectivity index is 1.82. The zero-order valence-electron chi connectivity index (χ0n) is 14.8. The van der Waals surface area contributed by atoms with Crippen LogP contribution in [0.4, 0.5) is 0 Å². The Morgan fingerprint density at radius 3 is 2.63 bits per heavy atom. The van der Waals surface area contributed by atoms with Gasteiger partial charge in [-0.15, -0.1) is 0 Å². The lowest BCUT2D eigenvalue weighted by molar-refractivity contribution is 0.0528. The molecular weight excluding hydrogens is 344 g/mol. The van der Waals surface area contributed by atoms with Crippen LogP contribution in [0, 0.1) is 6.92 Å². The summed E-state index contributed by atoms with van der Waals surface area (Å²) in [4.78, 5) is 29.9. The highest BCUT2D eigenvalue weighted by Crippen LogP contribution is 2.22. The number of pyridine rings is 1. The van der Waals surface area contributed by atoms with Gasteiger partial charge in [0.25, 0.3) is 0 Å². The highest BCUT2D eigenvalue weighted by Gasteiger charge is 2.18. The van der Waals surface area contributed by atoms with Gasteiger partial charge in [-0.3, -0.25) is 0 Å². The number of nitrogens with zero attached hydrogens (tertiary/aromatic N) is 6. The maximum absolute atomic E-state index is 12.2. The second-order valence-electron chi connectivity index (χ2n) is 5.78. The Labute approximate surface area is 154 Å². The van der Waals surface area contributed by atoms with E-state index >= 15 is 0 Å². The minimum atomic E-state index is -0.448. The van der Waals surface area contributed by atoms with Crippen molar-refractivity contribution in [1.29, 1.82) is 0 Å². The summed E-state index contributed by atoms with van der Waals surface area (Å²) in [5.74, 6) is 0.0876. The highest BCUT2D eigenvalue weighted by molar-refractivity contribution is 5.95. The fourth-order valence-corrected chi connectivity index (χ4v) is 2.73. The molecule has 134 valence electrons. The van der Waals surface area contributed by atoms with Crippen LogP contribution in [0.5, 0.6) is 0 Å². The van der Waals surface area contributed by atoms with Gasteiger partial charge in [0.15, 0.2) is 11.5 Å². The molecule has 0 aliphatic rings. The number of aryl methyl sites for hydroxylation is 1. The van der Waals surface area contributed by atoms with Crippen molar-refractivity contribution in [3.05, 3.63) is 60.2 Å². The first-order valence-corrected chi connectivity index (χ1v) is 8.44. The summed E-state index contributed by atoms with van der Waals surface area (Å²) in [6, 6.07) is 9.19. The first kappa shape index (κ1) is 16.8. The molecule has 4 rings (SSSR count). The van der Waals surface area contributed by atoms with Crippen molar-refractivity contribution in [3.63, 3.8) is 0 Å². The van der Waals surface area contributed by atoms with Crippen molar-refractivity contribution in [2.45, 2.75) is 13.8 Å². The molecule has 0 unspecified atom stereocenters. The van der Waals surface area contributed by atoms with Crippen LogP contribution < -0.4 is 0 Å². The van der Waals surface area contributed by atoms with Gasteiger partial charge in [-0.05, 0) is 38.1 Å². The fraction of sp³-hybridized carbons (Fsp3) is 0.158. The minimum absolute atomic E-state index is 0.287. The molecule has 8 nitrogen and oxygen atoms in total. The molecule has 0 aromatic carbocycles. The van der Waals surface area contributed by atoms with Crippen molar-refractivity contribution in [2.24, 2.45) is 0 Å². The average Bonchev–Trinajstić information content (AvgIpc) is 3.14. The third-order valence-corrected chi connectivity index (χ3v) is 3.95. The molecule has 0 aliphatic heterocycles. The average molecular weight is 360 g/mol. The lowest BCUT2D eigenvalue weighted by Gasteiger charge is -2.07. The van der Waals surface area contributed by atoms with Crippen molar-refractivity contribution in [2.75, 3.05) is 6.61 Å². The van der Waals surface area contributed by atoms with Crippen LogP contribution >= 0.6 is 0 Å². The highest BCUT2D eigenvalue weighted by atomic mass is 16.5. The van der Waals surface area contributed by atoms with Gasteiger partial charge in [0.1, 0.15) is 11.3 Å². The number of esters is 1. The van der Waals surface area contributed by atoms with Crippen LogP contribution in [0.1, 0.15) is 23.0 Å². The van der Waals surface area contributed by atoms with Gasteiger partial charge in [0.05, 0.1) is 24.2 Å². The van der Waals surface area contributed by atoms with Crippen LogP contribution in [0.2, 0.25) is 0 Å². The predicted molar refractivity (Wildman–Crippen MR) is 97.9 cm³/mol. The number of rotatable bonds is 4. The third kappa shape index (κ3) is 3.12. The van der Waals surface area contributed by atoms with Crippen LogP contribution in [0.15, 0.2) is 48.9 Å². The maximum atomic E-state index is 12.2. The molecule has 0 radical (unpaired) electrons. The van der Waals surface area contributed by atoms with Crippen molar-refractivity contribution >= 4 is 11.6 Å². The number of hydrogen-bond donors (Lipinski definition) is 0. The summed E-state index contributed by atoms with van der Waals surface area (Å²) in [7, 11) is 0. The standard InChI is InChI=1S/C19H16N6O2/c1-3-27-19(26)13-11-22-25-12(2)10-16(24-18(13)25)14-6-4-7-15(23-14)17-20-8-5-9-21-17/h4-11H,3H2,1-2H3. The van der Waals surface area contributed by atoms with Gasteiger partial charge in [0, 0.05) is 18.1 Å².